The van der Waals surface area contributed by atoms with Crippen LogP contribution in [0.15, 0.2) is 0 Å². The summed E-state index contributed by atoms with van der Waals surface area (Å²) in [6, 6.07) is 0. The highest BCUT2D eigenvalue weighted by Gasteiger charge is 2.29. The Morgan fingerprint density at radius 1 is 0.750 bits per heavy atom. The van der Waals surface area contributed by atoms with Crippen molar-refractivity contribution in [2.45, 2.75) is 62.1 Å². The Balaban J connectivity index is 2.51. The lowest BCUT2D eigenvalue weighted by molar-refractivity contribution is 0.380. The molecule has 1 rings (SSSR count). The molecule has 12 heavy (non-hydrogen) atoms. The molecule has 0 amide bonds. The second-order valence-electron chi connectivity index (χ2n) is 4.53. The zero-order valence-electron chi connectivity index (χ0n) is 8.00. The van der Waals surface area contributed by atoms with Crippen molar-refractivity contribution in [2.24, 2.45) is 0 Å². The summed E-state index contributed by atoms with van der Waals surface area (Å²) in [6.45, 7) is 4.26. The van der Waals surface area contributed by atoms with Gasteiger partial charge in [0, 0.05) is 9.75 Å². The number of alkyl halides is 2. The largest absolute Gasteiger partial charge is 0.120 e. The molecule has 0 aromatic rings. The van der Waals surface area contributed by atoms with Gasteiger partial charge in [0.05, 0.1) is 0 Å². The summed E-state index contributed by atoms with van der Waals surface area (Å²) < 4.78 is 0. The number of halogens is 2. The van der Waals surface area contributed by atoms with Gasteiger partial charge in [-0.3, -0.25) is 0 Å². The van der Waals surface area contributed by atoms with Crippen LogP contribution in [0.4, 0.5) is 0 Å². The zero-order valence-corrected chi connectivity index (χ0v) is 9.51. The van der Waals surface area contributed by atoms with E-state index in [-0.39, 0.29) is 9.75 Å². The minimum atomic E-state index is -0.00340. The molecule has 0 aromatic carbocycles. The molecule has 1 aliphatic rings. The Labute approximate surface area is 85.6 Å². The van der Waals surface area contributed by atoms with Crippen LogP contribution >= 0.6 is 23.2 Å². The van der Waals surface area contributed by atoms with Crippen LogP contribution < -0.4 is 0 Å². The highest BCUT2D eigenvalue weighted by molar-refractivity contribution is 6.24. The van der Waals surface area contributed by atoms with Crippen LogP contribution in [0.3, 0.4) is 0 Å². The summed E-state index contributed by atoms with van der Waals surface area (Å²) in [4.78, 5) is -0.00681. The van der Waals surface area contributed by atoms with Crippen molar-refractivity contribution in [1.29, 1.82) is 0 Å². The van der Waals surface area contributed by atoms with E-state index in [1.807, 2.05) is 0 Å². The summed E-state index contributed by atoms with van der Waals surface area (Å²) in [7, 11) is 0. The molecule has 0 nitrogen and oxygen atoms in total. The van der Waals surface area contributed by atoms with Crippen LogP contribution in [-0.4, -0.2) is 9.75 Å². The highest BCUT2D eigenvalue weighted by Crippen LogP contribution is 2.38. The van der Waals surface area contributed by atoms with Gasteiger partial charge in [-0.25, -0.2) is 0 Å². The quantitative estimate of drug-likeness (QED) is 0.520. The molecule has 0 N–H and O–H groups in total. The second-order valence-corrected chi connectivity index (χ2v) is 6.36. The lowest BCUT2D eigenvalue weighted by Gasteiger charge is -2.31. The van der Waals surface area contributed by atoms with Crippen molar-refractivity contribution < 1.29 is 0 Å². The normalized spacial score (nSPS) is 45.0. The Kier molecular flexibility index (Phi) is 3.34. The highest BCUT2D eigenvalue weighted by atomic mass is 35.5. The van der Waals surface area contributed by atoms with Gasteiger partial charge in [-0.05, 0) is 39.5 Å². The molecule has 0 aliphatic heterocycles. The summed E-state index contributed by atoms with van der Waals surface area (Å²) in [5, 5.41) is 0. The van der Waals surface area contributed by atoms with E-state index in [0.29, 0.717) is 0 Å². The lowest BCUT2D eigenvalue weighted by atomic mass is 9.86. The lowest BCUT2D eigenvalue weighted by Crippen LogP contribution is -2.26. The fourth-order valence-electron chi connectivity index (χ4n) is 1.76. The van der Waals surface area contributed by atoms with E-state index in [2.05, 4.69) is 13.8 Å². The van der Waals surface area contributed by atoms with E-state index in [4.69, 9.17) is 23.2 Å². The smallest absolute Gasteiger partial charge is 0.0419 e. The van der Waals surface area contributed by atoms with E-state index in [0.717, 1.165) is 25.7 Å². The third-order valence-corrected chi connectivity index (χ3v) is 3.57. The first kappa shape index (κ1) is 10.7. The molecular formula is C10H18Cl2. The third-order valence-electron chi connectivity index (χ3n) is 2.81. The van der Waals surface area contributed by atoms with Crippen molar-refractivity contribution in [1.82, 2.24) is 0 Å². The van der Waals surface area contributed by atoms with Crippen LogP contribution in [0.1, 0.15) is 52.4 Å². The topological polar surface area (TPSA) is 0 Å². The molecule has 0 bridgehead atoms. The maximum atomic E-state index is 6.32. The molecule has 0 saturated heterocycles. The molecule has 0 spiro atoms. The van der Waals surface area contributed by atoms with Gasteiger partial charge < -0.3 is 0 Å². The molecule has 1 aliphatic carbocycles. The summed E-state index contributed by atoms with van der Waals surface area (Å²) in [5.74, 6) is 0. The van der Waals surface area contributed by atoms with Crippen LogP contribution in [0.2, 0.25) is 0 Å². The third kappa shape index (κ3) is 3.53. The monoisotopic (exact) mass is 208 g/mol. The van der Waals surface area contributed by atoms with Gasteiger partial charge in [0.25, 0.3) is 0 Å². The standard InChI is InChI=1S/C10H18Cl2/c1-9(11)5-3-4-6-10(2,12)8-7-9/h3-8H2,1-2H3. The van der Waals surface area contributed by atoms with Gasteiger partial charge in [0.2, 0.25) is 0 Å². The summed E-state index contributed by atoms with van der Waals surface area (Å²) >= 11 is 12.6. The predicted molar refractivity (Wildman–Crippen MR) is 56.2 cm³/mol. The van der Waals surface area contributed by atoms with Gasteiger partial charge in [-0.1, -0.05) is 12.8 Å². The molecule has 0 radical (unpaired) electrons. The molecule has 2 heteroatoms. The SMILES string of the molecule is CC1(Cl)CCCCC(C)(Cl)CC1. The Bertz CT molecular complexity index is 132. The minimum absolute atomic E-state index is 0.00340. The van der Waals surface area contributed by atoms with Crippen molar-refractivity contribution in [2.75, 3.05) is 0 Å². The van der Waals surface area contributed by atoms with Gasteiger partial charge in [0.15, 0.2) is 0 Å². The number of hydrogen-bond acceptors (Lipinski definition) is 0. The van der Waals surface area contributed by atoms with Crippen LogP contribution in [0.5, 0.6) is 0 Å². The van der Waals surface area contributed by atoms with Gasteiger partial charge in [0.1, 0.15) is 0 Å². The van der Waals surface area contributed by atoms with Crippen LogP contribution in [0.25, 0.3) is 0 Å². The first-order valence-electron chi connectivity index (χ1n) is 4.79. The van der Waals surface area contributed by atoms with Crippen LogP contribution in [0, 0.1) is 0 Å². The van der Waals surface area contributed by atoms with Crippen LogP contribution in [-0.2, 0) is 0 Å². The fraction of sp³-hybridized carbons (Fsp3) is 1.00. The number of rotatable bonds is 0. The maximum absolute atomic E-state index is 6.32. The predicted octanol–water partition coefficient (Wildman–Crippen LogP) is 4.34. The molecule has 1 fully saturated rings. The molecule has 2 unspecified atom stereocenters. The minimum Gasteiger partial charge on any atom is -0.120 e. The second kappa shape index (κ2) is 3.75. The van der Waals surface area contributed by atoms with Crippen molar-refractivity contribution in [3.8, 4) is 0 Å². The van der Waals surface area contributed by atoms with Crippen molar-refractivity contribution in [3.63, 3.8) is 0 Å². The van der Waals surface area contributed by atoms with E-state index in [1.165, 1.54) is 12.8 Å². The van der Waals surface area contributed by atoms with Gasteiger partial charge in [-0.15, -0.1) is 23.2 Å². The Morgan fingerprint density at radius 2 is 1.08 bits per heavy atom. The molecule has 2 atom stereocenters. The number of hydrogen-bond donors (Lipinski definition) is 0. The van der Waals surface area contributed by atoms with E-state index in [1.54, 1.807) is 0 Å². The van der Waals surface area contributed by atoms with Gasteiger partial charge >= 0.3 is 0 Å². The molecular weight excluding hydrogens is 191 g/mol. The Morgan fingerprint density at radius 3 is 1.42 bits per heavy atom. The molecule has 0 heterocycles. The average molecular weight is 209 g/mol. The Hall–Kier alpha value is 0.580. The van der Waals surface area contributed by atoms with Crippen molar-refractivity contribution >= 4 is 23.2 Å². The van der Waals surface area contributed by atoms with E-state index in [9.17, 15) is 0 Å². The maximum Gasteiger partial charge on any atom is 0.0419 e. The summed E-state index contributed by atoms with van der Waals surface area (Å²) in [5.41, 5.74) is 0. The first-order valence-corrected chi connectivity index (χ1v) is 5.55. The van der Waals surface area contributed by atoms with E-state index >= 15 is 0 Å². The average Bonchev–Trinajstić information content (AvgIpc) is 1.94. The van der Waals surface area contributed by atoms with E-state index < -0.39 is 0 Å². The fourth-order valence-corrected chi connectivity index (χ4v) is 2.21. The van der Waals surface area contributed by atoms with Gasteiger partial charge in [-0.2, -0.15) is 0 Å². The molecule has 0 aromatic heterocycles. The molecule has 1 saturated carbocycles. The zero-order chi connectivity index (χ0) is 9.24. The summed E-state index contributed by atoms with van der Waals surface area (Å²) in [6.07, 6.45) is 6.83. The molecule has 72 valence electrons. The van der Waals surface area contributed by atoms with Crippen molar-refractivity contribution in [3.05, 3.63) is 0 Å². The first-order chi connectivity index (χ1) is 5.41.